The molecule has 0 radical (unpaired) electrons. The number of nitrogens with two attached hydrogens (primary N) is 1. The maximum atomic E-state index is 5.69. The molecular formula is C13H22N2O. The minimum absolute atomic E-state index is 0.240. The highest BCUT2D eigenvalue weighted by molar-refractivity contribution is 5.13. The molecule has 1 aliphatic carbocycles. The van der Waals surface area contributed by atoms with Gasteiger partial charge in [0.15, 0.2) is 0 Å². The first kappa shape index (κ1) is 11.7. The molecule has 1 fully saturated rings. The number of hydrogen-bond acceptors (Lipinski definition) is 3. The van der Waals surface area contributed by atoms with Gasteiger partial charge in [-0.1, -0.05) is 13.8 Å². The zero-order valence-corrected chi connectivity index (χ0v) is 10.1. The van der Waals surface area contributed by atoms with Crippen molar-refractivity contribution in [3.8, 4) is 0 Å². The van der Waals surface area contributed by atoms with Gasteiger partial charge >= 0.3 is 0 Å². The van der Waals surface area contributed by atoms with Crippen LogP contribution in [0, 0.1) is 17.8 Å². The normalized spacial score (nSPS) is 32.6. The van der Waals surface area contributed by atoms with E-state index in [4.69, 9.17) is 10.3 Å². The van der Waals surface area contributed by atoms with Crippen LogP contribution < -0.4 is 11.3 Å². The summed E-state index contributed by atoms with van der Waals surface area (Å²) < 4.78 is 5.15. The van der Waals surface area contributed by atoms with Gasteiger partial charge in [-0.15, -0.1) is 0 Å². The molecule has 2 rings (SSSR count). The molecule has 1 aromatic heterocycles. The van der Waals surface area contributed by atoms with Gasteiger partial charge < -0.3 is 4.42 Å². The standard InChI is InChI=1S/C13H22N2O/c1-9-5-10(2)7-12(6-9)13(15-14)11-3-4-16-8-11/h3-4,8-10,12-13,15H,5-7,14H2,1-2H3. The Labute approximate surface area is 97.4 Å². The molecule has 0 aliphatic heterocycles. The van der Waals surface area contributed by atoms with Crippen LogP contribution >= 0.6 is 0 Å². The van der Waals surface area contributed by atoms with Crippen LogP contribution in [0.1, 0.15) is 44.7 Å². The van der Waals surface area contributed by atoms with Gasteiger partial charge in [0.1, 0.15) is 0 Å². The van der Waals surface area contributed by atoms with E-state index in [0.29, 0.717) is 5.92 Å². The smallest absolute Gasteiger partial charge is 0.0950 e. The van der Waals surface area contributed by atoms with Crippen LogP contribution in [0.25, 0.3) is 0 Å². The van der Waals surface area contributed by atoms with Gasteiger partial charge in [0.05, 0.1) is 18.6 Å². The summed E-state index contributed by atoms with van der Waals surface area (Å²) in [6.45, 7) is 4.68. The van der Waals surface area contributed by atoms with E-state index in [1.165, 1.54) is 24.8 Å². The topological polar surface area (TPSA) is 51.2 Å². The summed E-state index contributed by atoms with van der Waals surface area (Å²) in [5.74, 6) is 7.92. The third kappa shape index (κ3) is 2.47. The second-order valence-electron chi connectivity index (χ2n) is 5.38. The van der Waals surface area contributed by atoms with E-state index in [0.717, 1.165) is 11.8 Å². The summed E-state index contributed by atoms with van der Waals surface area (Å²) in [5.41, 5.74) is 4.13. The summed E-state index contributed by atoms with van der Waals surface area (Å²) in [7, 11) is 0. The van der Waals surface area contributed by atoms with Crippen LogP contribution in [-0.4, -0.2) is 0 Å². The second-order valence-corrected chi connectivity index (χ2v) is 5.38. The van der Waals surface area contributed by atoms with E-state index in [1.807, 2.05) is 6.07 Å². The first-order valence-electron chi connectivity index (χ1n) is 6.19. The fourth-order valence-electron chi connectivity index (χ4n) is 3.24. The summed E-state index contributed by atoms with van der Waals surface area (Å²) in [6.07, 6.45) is 7.37. The first-order chi connectivity index (χ1) is 7.70. The maximum absolute atomic E-state index is 5.69. The molecule has 1 saturated carbocycles. The van der Waals surface area contributed by atoms with Gasteiger partial charge in [-0.25, -0.2) is 0 Å². The number of hydrazine groups is 1. The average Bonchev–Trinajstić information content (AvgIpc) is 2.70. The van der Waals surface area contributed by atoms with E-state index in [-0.39, 0.29) is 6.04 Å². The predicted molar refractivity (Wildman–Crippen MR) is 64.4 cm³/mol. The Bertz CT molecular complexity index is 300. The van der Waals surface area contributed by atoms with E-state index in [9.17, 15) is 0 Å². The van der Waals surface area contributed by atoms with Crippen LogP contribution in [-0.2, 0) is 0 Å². The van der Waals surface area contributed by atoms with Crippen molar-refractivity contribution in [1.29, 1.82) is 0 Å². The molecule has 0 saturated heterocycles. The zero-order chi connectivity index (χ0) is 11.5. The van der Waals surface area contributed by atoms with Crippen molar-refractivity contribution in [1.82, 2.24) is 5.43 Å². The Morgan fingerprint density at radius 2 is 2.00 bits per heavy atom. The molecule has 90 valence electrons. The van der Waals surface area contributed by atoms with Crippen molar-refractivity contribution in [2.45, 2.75) is 39.2 Å². The van der Waals surface area contributed by atoms with E-state index < -0.39 is 0 Å². The number of hydrogen-bond donors (Lipinski definition) is 2. The molecule has 0 amide bonds. The van der Waals surface area contributed by atoms with Crippen molar-refractivity contribution >= 4 is 0 Å². The predicted octanol–water partition coefficient (Wildman–Crippen LogP) is 2.86. The third-order valence-electron chi connectivity index (χ3n) is 3.77. The second kappa shape index (κ2) is 5.02. The van der Waals surface area contributed by atoms with Crippen molar-refractivity contribution in [3.05, 3.63) is 24.2 Å². The molecule has 0 bridgehead atoms. The molecule has 1 heterocycles. The summed E-state index contributed by atoms with van der Waals surface area (Å²) in [6, 6.07) is 2.25. The van der Waals surface area contributed by atoms with Crippen LogP contribution in [0.4, 0.5) is 0 Å². The van der Waals surface area contributed by atoms with Gasteiger partial charge in [0.25, 0.3) is 0 Å². The molecule has 3 nitrogen and oxygen atoms in total. The largest absolute Gasteiger partial charge is 0.472 e. The Morgan fingerprint density at radius 1 is 1.31 bits per heavy atom. The number of furan rings is 1. The lowest BCUT2D eigenvalue weighted by atomic mass is 9.73. The molecule has 3 N–H and O–H groups in total. The number of nitrogens with one attached hydrogen (secondary N) is 1. The highest BCUT2D eigenvalue weighted by Gasteiger charge is 2.30. The summed E-state index contributed by atoms with van der Waals surface area (Å²) in [4.78, 5) is 0. The highest BCUT2D eigenvalue weighted by Crippen LogP contribution is 2.39. The maximum Gasteiger partial charge on any atom is 0.0950 e. The molecule has 3 unspecified atom stereocenters. The lowest BCUT2D eigenvalue weighted by Gasteiger charge is -2.35. The fraction of sp³-hybridized carbons (Fsp3) is 0.692. The van der Waals surface area contributed by atoms with Crippen molar-refractivity contribution in [3.63, 3.8) is 0 Å². The highest BCUT2D eigenvalue weighted by atomic mass is 16.3. The minimum Gasteiger partial charge on any atom is -0.472 e. The monoisotopic (exact) mass is 222 g/mol. The van der Waals surface area contributed by atoms with Crippen molar-refractivity contribution < 1.29 is 4.42 Å². The lowest BCUT2D eigenvalue weighted by Crippen LogP contribution is -2.36. The minimum atomic E-state index is 0.240. The van der Waals surface area contributed by atoms with Crippen LogP contribution in [0.2, 0.25) is 0 Å². The zero-order valence-electron chi connectivity index (χ0n) is 10.1. The first-order valence-corrected chi connectivity index (χ1v) is 6.19. The van der Waals surface area contributed by atoms with Crippen molar-refractivity contribution in [2.24, 2.45) is 23.6 Å². The molecule has 1 aliphatic rings. The molecule has 1 aromatic rings. The Balaban J connectivity index is 2.09. The molecule has 3 heteroatoms. The summed E-state index contributed by atoms with van der Waals surface area (Å²) >= 11 is 0. The van der Waals surface area contributed by atoms with Gasteiger partial charge in [-0.05, 0) is 43.1 Å². The van der Waals surface area contributed by atoms with Crippen LogP contribution in [0.5, 0.6) is 0 Å². The van der Waals surface area contributed by atoms with E-state index in [2.05, 4.69) is 19.3 Å². The average molecular weight is 222 g/mol. The van der Waals surface area contributed by atoms with Gasteiger partial charge in [-0.2, -0.15) is 0 Å². The van der Waals surface area contributed by atoms with E-state index in [1.54, 1.807) is 12.5 Å². The van der Waals surface area contributed by atoms with Gasteiger partial charge in [0, 0.05) is 5.56 Å². The van der Waals surface area contributed by atoms with E-state index >= 15 is 0 Å². The Morgan fingerprint density at radius 3 is 2.50 bits per heavy atom. The molecule has 0 spiro atoms. The molecule has 16 heavy (non-hydrogen) atoms. The van der Waals surface area contributed by atoms with Crippen LogP contribution in [0.3, 0.4) is 0 Å². The van der Waals surface area contributed by atoms with Gasteiger partial charge in [-0.3, -0.25) is 11.3 Å². The molecular weight excluding hydrogens is 200 g/mol. The quantitative estimate of drug-likeness (QED) is 0.610. The van der Waals surface area contributed by atoms with Crippen LogP contribution in [0.15, 0.2) is 23.0 Å². The third-order valence-corrected chi connectivity index (χ3v) is 3.77. The fourth-order valence-corrected chi connectivity index (χ4v) is 3.24. The molecule has 3 atom stereocenters. The number of rotatable bonds is 3. The van der Waals surface area contributed by atoms with Crippen molar-refractivity contribution in [2.75, 3.05) is 0 Å². The Hall–Kier alpha value is -0.800. The lowest BCUT2D eigenvalue weighted by molar-refractivity contribution is 0.176. The Kier molecular flexibility index (Phi) is 3.66. The summed E-state index contributed by atoms with van der Waals surface area (Å²) in [5, 5.41) is 0. The van der Waals surface area contributed by atoms with Gasteiger partial charge in [0.2, 0.25) is 0 Å². The molecule has 0 aromatic carbocycles. The SMILES string of the molecule is CC1CC(C)CC(C(NN)c2ccoc2)C1.